The minimum Gasteiger partial charge on any atom is -0.270 e. The van der Waals surface area contributed by atoms with Gasteiger partial charge in [0.2, 0.25) is 0 Å². The van der Waals surface area contributed by atoms with E-state index in [1.165, 1.54) is 23.4 Å². The van der Waals surface area contributed by atoms with Gasteiger partial charge in [-0.3, -0.25) is 4.57 Å². The zero-order valence-corrected chi connectivity index (χ0v) is 16.4. The van der Waals surface area contributed by atoms with Gasteiger partial charge < -0.3 is 0 Å². The predicted molar refractivity (Wildman–Crippen MR) is 112 cm³/mol. The highest BCUT2D eigenvalue weighted by atomic mass is 32.2. The van der Waals surface area contributed by atoms with Crippen molar-refractivity contribution in [2.45, 2.75) is 24.3 Å². The number of nitrogens with zero attached hydrogens (tertiary/aromatic N) is 3. The number of aryl methyl sites for hydroxylation is 1. The van der Waals surface area contributed by atoms with Crippen LogP contribution in [0.25, 0.3) is 17.1 Å². The molecule has 28 heavy (non-hydrogen) atoms. The van der Waals surface area contributed by atoms with Crippen LogP contribution in [0.3, 0.4) is 0 Å². The number of halogens is 1. The molecule has 0 fully saturated rings. The van der Waals surface area contributed by atoms with Crippen LogP contribution in [0.5, 0.6) is 0 Å². The average molecular weight is 389 g/mol. The summed E-state index contributed by atoms with van der Waals surface area (Å²) in [6, 6.07) is 25.2. The van der Waals surface area contributed by atoms with E-state index in [1.54, 1.807) is 12.1 Å². The number of aromatic nitrogens is 3. The molecular weight excluding hydrogens is 369 g/mol. The summed E-state index contributed by atoms with van der Waals surface area (Å²) >= 11 is 1.48. The van der Waals surface area contributed by atoms with Gasteiger partial charge in [-0.15, -0.1) is 10.2 Å². The molecule has 0 radical (unpaired) electrons. The van der Waals surface area contributed by atoms with Crippen molar-refractivity contribution in [1.29, 1.82) is 0 Å². The van der Waals surface area contributed by atoms with Crippen LogP contribution in [-0.4, -0.2) is 14.8 Å². The molecule has 0 spiro atoms. The third-order valence-electron chi connectivity index (χ3n) is 4.58. The summed E-state index contributed by atoms with van der Waals surface area (Å²) in [4.78, 5) is 0. The maximum atomic E-state index is 14.0. The number of hydrogen-bond acceptors (Lipinski definition) is 3. The van der Waals surface area contributed by atoms with Gasteiger partial charge in [0.15, 0.2) is 11.0 Å². The second-order valence-corrected chi connectivity index (χ2v) is 7.35. The maximum Gasteiger partial charge on any atom is 0.196 e. The fourth-order valence-corrected chi connectivity index (χ4v) is 3.95. The highest BCUT2D eigenvalue weighted by molar-refractivity contribution is 7.98. The van der Waals surface area contributed by atoms with E-state index in [9.17, 15) is 4.39 Å². The van der Waals surface area contributed by atoms with E-state index < -0.39 is 0 Å². The second kappa shape index (κ2) is 8.40. The van der Waals surface area contributed by atoms with Crippen molar-refractivity contribution < 1.29 is 4.39 Å². The summed E-state index contributed by atoms with van der Waals surface area (Å²) in [7, 11) is 0. The Hall–Kier alpha value is -2.92. The molecule has 140 valence electrons. The van der Waals surface area contributed by atoms with Crippen LogP contribution in [0, 0.1) is 5.82 Å². The molecule has 3 nitrogen and oxygen atoms in total. The second-order valence-electron chi connectivity index (χ2n) is 6.41. The monoisotopic (exact) mass is 389 g/mol. The van der Waals surface area contributed by atoms with Crippen molar-refractivity contribution in [3.05, 3.63) is 95.8 Å². The van der Waals surface area contributed by atoms with Crippen LogP contribution in [0.4, 0.5) is 4.39 Å². The van der Waals surface area contributed by atoms with Crippen molar-refractivity contribution in [1.82, 2.24) is 14.8 Å². The van der Waals surface area contributed by atoms with Gasteiger partial charge in [0.1, 0.15) is 5.82 Å². The number of rotatable bonds is 6. The van der Waals surface area contributed by atoms with Crippen LogP contribution < -0.4 is 0 Å². The first kappa shape index (κ1) is 18.4. The molecule has 5 heteroatoms. The topological polar surface area (TPSA) is 30.7 Å². The van der Waals surface area contributed by atoms with Crippen LogP contribution in [0.2, 0.25) is 0 Å². The van der Waals surface area contributed by atoms with E-state index in [-0.39, 0.29) is 5.82 Å². The molecule has 0 saturated heterocycles. The molecule has 0 aliphatic carbocycles. The van der Waals surface area contributed by atoms with Gasteiger partial charge in [-0.05, 0) is 35.7 Å². The molecule has 0 N–H and O–H groups in total. The van der Waals surface area contributed by atoms with Crippen LogP contribution >= 0.6 is 11.8 Å². The Kier molecular flexibility index (Phi) is 5.53. The van der Waals surface area contributed by atoms with Crippen LogP contribution in [0.15, 0.2) is 84.0 Å². The van der Waals surface area contributed by atoms with E-state index in [1.807, 2.05) is 41.0 Å². The van der Waals surface area contributed by atoms with Crippen LogP contribution in [0.1, 0.15) is 18.1 Å². The summed E-state index contributed by atoms with van der Waals surface area (Å²) in [6.07, 6.45) is 0.989. The highest BCUT2D eigenvalue weighted by Crippen LogP contribution is 2.30. The van der Waals surface area contributed by atoms with Gasteiger partial charge in [0, 0.05) is 17.0 Å². The summed E-state index contributed by atoms with van der Waals surface area (Å²) in [5.74, 6) is 1.07. The van der Waals surface area contributed by atoms with Gasteiger partial charge in [0.05, 0.1) is 0 Å². The van der Waals surface area contributed by atoms with Crippen molar-refractivity contribution in [3.8, 4) is 17.1 Å². The minimum atomic E-state index is -0.198. The van der Waals surface area contributed by atoms with E-state index in [0.29, 0.717) is 11.3 Å². The van der Waals surface area contributed by atoms with E-state index in [0.717, 1.165) is 28.7 Å². The molecule has 4 aromatic rings. The lowest BCUT2D eigenvalue weighted by Gasteiger charge is -2.11. The summed E-state index contributed by atoms with van der Waals surface area (Å²) in [5.41, 5.74) is 3.92. The molecular formula is C23H20FN3S. The Balaban J connectivity index is 1.73. The number of hydrogen-bond donors (Lipinski definition) is 0. The largest absolute Gasteiger partial charge is 0.270 e. The molecule has 1 aromatic heterocycles. The average Bonchev–Trinajstić information content (AvgIpc) is 3.18. The molecule has 0 amide bonds. The standard InChI is InChI=1S/C23H20FN3S/c1-2-17-12-14-20(15-13-17)27-22(18-8-4-3-5-9-18)25-26-23(27)28-16-19-10-6-7-11-21(19)24/h3-15H,2,16H2,1H3. The van der Waals surface area contributed by atoms with Gasteiger partial charge in [-0.2, -0.15) is 0 Å². The molecule has 0 aliphatic rings. The van der Waals surface area contributed by atoms with E-state index in [4.69, 9.17) is 0 Å². The molecule has 0 atom stereocenters. The van der Waals surface area contributed by atoms with E-state index in [2.05, 4.69) is 41.4 Å². The first-order chi connectivity index (χ1) is 13.8. The first-order valence-electron chi connectivity index (χ1n) is 9.22. The molecule has 3 aromatic carbocycles. The normalized spacial score (nSPS) is 10.9. The van der Waals surface area contributed by atoms with Crippen molar-refractivity contribution in [2.24, 2.45) is 0 Å². The zero-order chi connectivity index (χ0) is 19.3. The SMILES string of the molecule is CCc1ccc(-n2c(SCc3ccccc3F)nnc2-c2ccccc2)cc1. The lowest BCUT2D eigenvalue weighted by molar-refractivity contribution is 0.617. The smallest absolute Gasteiger partial charge is 0.196 e. The van der Waals surface area contributed by atoms with Gasteiger partial charge in [0.25, 0.3) is 0 Å². The summed E-state index contributed by atoms with van der Waals surface area (Å²) < 4.78 is 16.1. The van der Waals surface area contributed by atoms with Crippen LogP contribution in [-0.2, 0) is 12.2 Å². The van der Waals surface area contributed by atoms with Crippen molar-refractivity contribution in [2.75, 3.05) is 0 Å². The Labute approximate surface area is 168 Å². The predicted octanol–water partition coefficient (Wildman–Crippen LogP) is 5.93. The maximum absolute atomic E-state index is 14.0. The fourth-order valence-electron chi connectivity index (χ4n) is 3.01. The molecule has 1 heterocycles. The number of thioether (sulfide) groups is 1. The zero-order valence-electron chi connectivity index (χ0n) is 15.5. The van der Waals surface area contributed by atoms with Crippen molar-refractivity contribution >= 4 is 11.8 Å². The molecule has 0 unspecified atom stereocenters. The summed E-state index contributed by atoms with van der Waals surface area (Å²) in [5, 5.41) is 9.59. The lowest BCUT2D eigenvalue weighted by Crippen LogP contribution is -2.00. The van der Waals surface area contributed by atoms with Gasteiger partial charge in [-0.25, -0.2) is 4.39 Å². The quantitative estimate of drug-likeness (QED) is 0.383. The number of benzene rings is 3. The Morgan fingerprint density at radius 2 is 1.57 bits per heavy atom. The third-order valence-corrected chi connectivity index (χ3v) is 5.56. The van der Waals surface area contributed by atoms with Gasteiger partial charge >= 0.3 is 0 Å². The Bertz CT molecular complexity index is 1060. The molecule has 0 bridgehead atoms. The molecule has 0 aliphatic heterocycles. The Morgan fingerprint density at radius 1 is 0.857 bits per heavy atom. The summed E-state index contributed by atoms with van der Waals surface area (Å²) in [6.45, 7) is 2.14. The minimum absolute atomic E-state index is 0.198. The van der Waals surface area contributed by atoms with E-state index >= 15 is 0 Å². The third kappa shape index (κ3) is 3.85. The first-order valence-corrected chi connectivity index (χ1v) is 10.2. The lowest BCUT2D eigenvalue weighted by atomic mass is 10.1. The Morgan fingerprint density at radius 3 is 2.29 bits per heavy atom. The molecule has 4 rings (SSSR count). The van der Waals surface area contributed by atoms with Crippen molar-refractivity contribution in [3.63, 3.8) is 0 Å². The highest BCUT2D eigenvalue weighted by Gasteiger charge is 2.16. The molecule has 0 saturated carbocycles. The fraction of sp³-hybridized carbons (Fsp3) is 0.130. The van der Waals surface area contributed by atoms with Gasteiger partial charge in [-0.1, -0.05) is 79.3 Å².